The van der Waals surface area contributed by atoms with Crippen LogP contribution in [0.5, 0.6) is 0 Å². The first-order valence-corrected chi connectivity index (χ1v) is 6.30. The third-order valence-corrected chi connectivity index (χ3v) is 3.07. The molecule has 1 heterocycles. The van der Waals surface area contributed by atoms with Crippen LogP contribution in [0.1, 0.15) is 20.8 Å². The summed E-state index contributed by atoms with van der Waals surface area (Å²) in [4.78, 5) is 16.7. The van der Waals surface area contributed by atoms with Crippen LogP contribution in [0.25, 0.3) is 11.0 Å². The second-order valence-corrected chi connectivity index (χ2v) is 6.23. The molecular weight excluding hydrogens is 282 g/mol. The number of H-pyrrole nitrogens is 2. The topological polar surface area (TPSA) is 60.7 Å². The fourth-order valence-corrected chi connectivity index (χ4v) is 2.04. The molecule has 0 saturated heterocycles. The van der Waals surface area contributed by atoms with E-state index in [0.717, 1.165) is 27.7 Å². The van der Waals surface area contributed by atoms with Crippen LogP contribution in [-0.4, -0.2) is 16.5 Å². The van der Waals surface area contributed by atoms with Crippen molar-refractivity contribution in [3.8, 4) is 0 Å². The van der Waals surface area contributed by atoms with E-state index in [1.165, 1.54) is 0 Å². The quantitative estimate of drug-likeness (QED) is 0.798. The molecule has 1 aromatic carbocycles. The lowest BCUT2D eigenvalue weighted by Crippen LogP contribution is -2.19. The van der Waals surface area contributed by atoms with Crippen molar-refractivity contribution >= 4 is 32.7 Å². The van der Waals surface area contributed by atoms with E-state index in [9.17, 15) is 4.79 Å². The van der Waals surface area contributed by atoms with Crippen LogP contribution in [0.4, 0.5) is 5.69 Å². The first kappa shape index (κ1) is 12.2. The number of hydrogen-bond acceptors (Lipinski definition) is 2. The molecule has 0 saturated carbocycles. The summed E-state index contributed by atoms with van der Waals surface area (Å²) in [5.74, 6) is 0. The molecule has 2 aromatic rings. The number of aromatic nitrogens is 2. The van der Waals surface area contributed by atoms with Gasteiger partial charge in [-0.3, -0.25) is 0 Å². The van der Waals surface area contributed by atoms with E-state index in [-0.39, 0.29) is 11.1 Å². The summed E-state index contributed by atoms with van der Waals surface area (Å²) in [6.07, 6.45) is 0. The molecule has 1 aromatic heterocycles. The Morgan fingerprint density at radius 3 is 2.41 bits per heavy atom. The smallest absolute Gasteiger partial charge is 0.323 e. The van der Waals surface area contributed by atoms with Crippen molar-refractivity contribution in [1.29, 1.82) is 0 Å². The Balaban J connectivity index is 2.34. The second kappa shape index (κ2) is 4.22. The van der Waals surface area contributed by atoms with Gasteiger partial charge in [0.25, 0.3) is 0 Å². The summed E-state index contributed by atoms with van der Waals surface area (Å²) in [5, 5.41) is 3.37. The van der Waals surface area contributed by atoms with Crippen molar-refractivity contribution in [1.82, 2.24) is 9.97 Å². The highest BCUT2D eigenvalue weighted by Crippen LogP contribution is 2.27. The molecule has 17 heavy (non-hydrogen) atoms. The molecule has 92 valence electrons. The highest BCUT2D eigenvalue weighted by molar-refractivity contribution is 9.10. The van der Waals surface area contributed by atoms with Gasteiger partial charge in [0.1, 0.15) is 0 Å². The van der Waals surface area contributed by atoms with E-state index in [0.29, 0.717) is 0 Å². The van der Waals surface area contributed by atoms with Gasteiger partial charge in [0.05, 0.1) is 16.7 Å². The summed E-state index contributed by atoms with van der Waals surface area (Å²) in [5.41, 5.74) is 2.64. The molecule has 0 fully saturated rings. The lowest BCUT2D eigenvalue weighted by Gasteiger charge is -2.20. The molecule has 5 heteroatoms. The number of anilines is 1. The Bertz CT molecular complexity index is 592. The summed E-state index contributed by atoms with van der Waals surface area (Å²) < 4.78 is 0.949. The number of fused-ring (bicyclic) bond motifs is 1. The highest BCUT2D eigenvalue weighted by Gasteiger charge is 2.11. The Labute approximate surface area is 108 Å². The van der Waals surface area contributed by atoms with Gasteiger partial charge in [-0.1, -0.05) is 20.8 Å². The van der Waals surface area contributed by atoms with Crippen LogP contribution in [0, 0.1) is 5.41 Å². The SMILES string of the molecule is CC(C)(C)CNc1cc2[nH]c(=O)[nH]c2cc1Br. The van der Waals surface area contributed by atoms with Crippen molar-refractivity contribution in [3.63, 3.8) is 0 Å². The summed E-state index contributed by atoms with van der Waals surface area (Å²) in [6, 6.07) is 3.83. The van der Waals surface area contributed by atoms with Gasteiger partial charge < -0.3 is 15.3 Å². The fraction of sp³-hybridized carbons (Fsp3) is 0.417. The van der Waals surface area contributed by atoms with Crippen LogP contribution < -0.4 is 11.0 Å². The first-order valence-electron chi connectivity index (χ1n) is 5.50. The number of aromatic amines is 2. The predicted molar refractivity (Wildman–Crippen MR) is 74.6 cm³/mol. The molecule has 0 aliphatic carbocycles. The van der Waals surface area contributed by atoms with Gasteiger partial charge in [0.15, 0.2) is 0 Å². The Morgan fingerprint density at radius 2 is 1.82 bits per heavy atom. The Hall–Kier alpha value is -1.23. The number of rotatable bonds is 2. The van der Waals surface area contributed by atoms with E-state index in [1.807, 2.05) is 12.1 Å². The van der Waals surface area contributed by atoms with Crippen molar-refractivity contribution in [2.45, 2.75) is 20.8 Å². The fourth-order valence-electron chi connectivity index (χ4n) is 1.55. The molecule has 2 rings (SSSR count). The van der Waals surface area contributed by atoms with E-state index in [1.54, 1.807) is 0 Å². The van der Waals surface area contributed by atoms with Crippen molar-refractivity contribution in [3.05, 3.63) is 27.1 Å². The van der Waals surface area contributed by atoms with Gasteiger partial charge in [0, 0.05) is 11.0 Å². The highest BCUT2D eigenvalue weighted by atomic mass is 79.9. The van der Waals surface area contributed by atoms with Crippen molar-refractivity contribution in [2.75, 3.05) is 11.9 Å². The number of nitrogens with one attached hydrogen (secondary N) is 3. The van der Waals surface area contributed by atoms with Crippen molar-refractivity contribution < 1.29 is 0 Å². The first-order chi connectivity index (χ1) is 7.85. The zero-order valence-electron chi connectivity index (χ0n) is 10.1. The zero-order valence-corrected chi connectivity index (χ0v) is 11.7. The summed E-state index contributed by atoms with van der Waals surface area (Å²) in [6.45, 7) is 7.38. The molecule has 0 spiro atoms. The zero-order chi connectivity index (χ0) is 12.6. The van der Waals surface area contributed by atoms with Crippen LogP contribution in [0.15, 0.2) is 21.4 Å². The molecule has 3 N–H and O–H groups in total. The van der Waals surface area contributed by atoms with Crippen LogP contribution >= 0.6 is 15.9 Å². The standard InChI is InChI=1S/C12H16BrN3O/c1-12(2,3)6-14-8-5-10-9(4-7(8)13)15-11(17)16-10/h4-5,14H,6H2,1-3H3,(H2,15,16,17). The van der Waals surface area contributed by atoms with Crippen LogP contribution in [0.3, 0.4) is 0 Å². The maximum absolute atomic E-state index is 11.2. The van der Waals surface area contributed by atoms with Gasteiger partial charge in [-0.05, 0) is 33.5 Å². The minimum atomic E-state index is -0.181. The predicted octanol–water partition coefficient (Wildman–Crippen LogP) is 3.08. The van der Waals surface area contributed by atoms with Crippen LogP contribution in [0.2, 0.25) is 0 Å². The average Bonchev–Trinajstić information content (AvgIpc) is 2.52. The maximum atomic E-state index is 11.2. The van der Waals surface area contributed by atoms with Crippen LogP contribution in [-0.2, 0) is 0 Å². The maximum Gasteiger partial charge on any atom is 0.323 e. The summed E-state index contributed by atoms with van der Waals surface area (Å²) in [7, 11) is 0. The normalized spacial score (nSPS) is 12.0. The number of hydrogen-bond donors (Lipinski definition) is 3. The lowest BCUT2D eigenvalue weighted by molar-refractivity contribution is 0.443. The lowest BCUT2D eigenvalue weighted by atomic mass is 9.97. The molecule has 0 aliphatic rings. The molecule has 0 amide bonds. The monoisotopic (exact) mass is 297 g/mol. The Morgan fingerprint density at radius 1 is 1.24 bits per heavy atom. The minimum absolute atomic E-state index is 0.181. The number of imidazole rings is 1. The second-order valence-electron chi connectivity index (χ2n) is 5.37. The van der Waals surface area contributed by atoms with Crippen molar-refractivity contribution in [2.24, 2.45) is 5.41 Å². The molecule has 0 atom stereocenters. The average molecular weight is 298 g/mol. The minimum Gasteiger partial charge on any atom is -0.384 e. The van der Waals surface area contributed by atoms with E-state index >= 15 is 0 Å². The van der Waals surface area contributed by atoms with E-state index < -0.39 is 0 Å². The third-order valence-electron chi connectivity index (χ3n) is 2.41. The van der Waals surface area contributed by atoms with Gasteiger partial charge in [-0.25, -0.2) is 4.79 Å². The van der Waals surface area contributed by atoms with Gasteiger partial charge >= 0.3 is 5.69 Å². The molecule has 0 radical (unpaired) electrons. The third kappa shape index (κ3) is 2.91. The largest absolute Gasteiger partial charge is 0.384 e. The molecule has 0 bridgehead atoms. The van der Waals surface area contributed by atoms with E-state index in [2.05, 4.69) is 52.0 Å². The summed E-state index contributed by atoms with van der Waals surface area (Å²) >= 11 is 3.50. The Kier molecular flexibility index (Phi) is 3.03. The molecule has 0 aliphatic heterocycles. The van der Waals surface area contributed by atoms with Gasteiger partial charge in [-0.2, -0.15) is 0 Å². The molecular formula is C12H16BrN3O. The van der Waals surface area contributed by atoms with Gasteiger partial charge in [-0.15, -0.1) is 0 Å². The van der Waals surface area contributed by atoms with Gasteiger partial charge in [0.2, 0.25) is 0 Å². The number of halogens is 1. The molecule has 4 nitrogen and oxygen atoms in total. The van der Waals surface area contributed by atoms with E-state index in [4.69, 9.17) is 0 Å². The molecule has 0 unspecified atom stereocenters. The number of benzene rings is 1.